The van der Waals surface area contributed by atoms with Crippen LogP contribution in [0.5, 0.6) is 5.75 Å². The topological polar surface area (TPSA) is 30.5 Å². The number of nitrogens with one attached hydrogen (secondary N) is 1. The lowest BCUT2D eigenvalue weighted by Gasteiger charge is -2.13. The van der Waals surface area contributed by atoms with Gasteiger partial charge in [0.05, 0.1) is 6.61 Å². The number of hydrogen-bond donors (Lipinski definition) is 1. The molecule has 0 aromatic heterocycles. The summed E-state index contributed by atoms with van der Waals surface area (Å²) in [5.74, 6) is -0.488. The molecule has 0 saturated carbocycles. The van der Waals surface area contributed by atoms with E-state index < -0.39 is 18.6 Å². The van der Waals surface area contributed by atoms with Gasteiger partial charge in [0.15, 0.2) is 11.6 Å². The van der Waals surface area contributed by atoms with Crippen molar-refractivity contribution in [3.05, 3.63) is 29.6 Å². The Hall–Kier alpha value is -1.34. The Labute approximate surface area is 121 Å². The summed E-state index contributed by atoms with van der Waals surface area (Å²) >= 11 is 0. The molecule has 0 radical (unpaired) electrons. The van der Waals surface area contributed by atoms with Crippen molar-refractivity contribution in [2.45, 2.75) is 26.1 Å². The SMILES string of the molecule is CCCNCc1cccc(F)c1OCCOCC(F)(F)F. The van der Waals surface area contributed by atoms with Crippen molar-refractivity contribution < 1.29 is 27.0 Å². The quantitative estimate of drug-likeness (QED) is 0.561. The monoisotopic (exact) mass is 309 g/mol. The molecule has 0 atom stereocenters. The van der Waals surface area contributed by atoms with E-state index in [1.807, 2.05) is 6.92 Å². The summed E-state index contributed by atoms with van der Waals surface area (Å²) in [5.41, 5.74) is 0.624. The Morgan fingerprint density at radius 1 is 1.19 bits per heavy atom. The van der Waals surface area contributed by atoms with Gasteiger partial charge in [-0.1, -0.05) is 19.1 Å². The fraction of sp³-hybridized carbons (Fsp3) is 0.571. The minimum atomic E-state index is -4.37. The number of para-hydroxylation sites is 1. The molecule has 1 rings (SSSR count). The maximum absolute atomic E-state index is 13.7. The zero-order valence-electron chi connectivity index (χ0n) is 11.8. The molecule has 0 fully saturated rings. The van der Waals surface area contributed by atoms with Gasteiger partial charge in [0, 0.05) is 12.1 Å². The van der Waals surface area contributed by atoms with Gasteiger partial charge < -0.3 is 14.8 Å². The van der Waals surface area contributed by atoms with Gasteiger partial charge in [-0.2, -0.15) is 13.2 Å². The van der Waals surface area contributed by atoms with Gasteiger partial charge in [0.2, 0.25) is 0 Å². The first-order chi connectivity index (χ1) is 9.94. The third kappa shape index (κ3) is 7.29. The number of alkyl halides is 3. The molecule has 7 heteroatoms. The van der Waals surface area contributed by atoms with E-state index in [-0.39, 0.29) is 19.0 Å². The lowest BCUT2D eigenvalue weighted by Crippen LogP contribution is -2.20. The van der Waals surface area contributed by atoms with E-state index in [9.17, 15) is 17.6 Å². The van der Waals surface area contributed by atoms with Crippen LogP contribution >= 0.6 is 0 Å². The second-order valence-corrected chi connectivity index (χ2v) is 4.42. The van der Waals surface area contributed by atoms with Crippen LogP contribution < -0.4 is 10.1 Å². The zero-order valence-corrected chi connectivity index (χ0v) is 11.8. The number of benzene rings is 1. The van der Waals surface area contributed by atoms with E-state index in [2.05, 4.69) is 10.1 Å². The molecule has 0 aliphatic rings. The lowest BCUT2D eigenvalue weighted by atomic mass is 10.2. The Bertz CT molecular complexity index is 424. The predicted molar refractivity (Wildman–Crippen MR) is 70.8 cm³/mol. The molecule has 1 aromatic rings. The predicted octanol–water partition coefficient (Wildman–Crippen LogP) is 3.28. The molecule has 0 aliphatic heterocycles. The van der Waals surface area contributed by atoms with Crippen molar-refractivity contribution in [3.8, 4) is 5.75 Å². The van der Waals surface area contributed by atoms with Gasteiger partial charge in [-0.25, -0.2) is 4.39 Å². The Balaban J connectivity index is 2.45. The van der Waals surface area contributed by atoms with Crippen molar-refractivity contribution in [2.75, 3.05) is 26.4 Å². The van der Waals surface area contributed by atoms with Crippen LogP contribution in [0.15, 0.2) is 18.2 Å². The van der Waals surface area contributed by atoms with Crippen molar-refractivity contribution >= 4 is 0 Å². The van der Waals surface area contributed by atoms with Gasteiger partial charge in [-0.05, 0) is 19.0 Å². The summed E-state index contributed by atoms with van der Waals surface area (Å²) in [4.78, 5) is 0. The number of hydrogen-bond acceptors (Lipinski definition) is 3. The first kappa shape index (κ1) is 17.7. The lowest BCUT2D eigenvalue weighted by molar-refractivity contribution is -0.175. The second-order valence-electron chi connectivity index (χ2n) is 4.42. The number of ether oxygens (including phenoxy) is 2. The molecular formula is C14H19F4NO2. The molecule has 21 heavy (non-hydrogen) atoms. The van der Waals surface area contributed by atoms with Crippen LogP contribution in [-0.2, 0) is 11.3 Å². The highest BCUT2D eigenvalue weighted by atomic mass is 19.4. The summed E-state index contributed by atoms with van der Waals surface area (Å²) in [6, 6.07) is 4.51. The van der Waals surface area contributed by atoms with E-state index in [1.165, 1.54) is 6.07 Å². The van der Waals surface area contributed by atoms with Crippen molar-refractivity contribution in [2.24, 2.45) is 0 Å². The molecule has 0 bridgehead atoms. The molecule has 0 aliphatic carbocycles. The van der Waals surface area contributed by atoms with Crippen LogP contribution in [0, 0.1) is 5.82 Å². The summed E-state index contributed by atoms with van der Waals surface area (Å²) in [6.45, 7) is 1.50. The van der Waals surface area contributed by atoms with Gasteiger partial charge in [-0.15, -0.1) is 0 Å². The summed E-state index contributed by atoms with van der Waals surface area (Å²) in [6.07, 6.45) is -3.43. The molecule has 3 nitrogen and oxygen atoms in total. The molecule has 0 amide bonds. The van der Waals surface area contributed by atoms with Crippen LogP contribution in [0.25, 0.3) is 0 Å². The van der Waals surface area contributed by atoms with Crippen LogP contribution in [0.3, 0.4) is 0 Å². The van der Waals surface area contributed by atoms with Crippen LogP contribution in [-0.4, -0.2) is 32.5 Å². The largest absolute Gasteiger partial charge is 0.488 e. The molecule has 0 unspecified atom stereocenters. The van der Waals surface area contributed by atoms with Crippen molar-refractivity contribution in [1.29, 1.82) is 0 Å². The number of rotatable bonds is 9. The van der Waals surface area contributed by atoms with Crippen LogP contribution in [0.1, 0.15) is 18.9 Å². The van der Waals surface area contributed by atoms with E-state index in [0.717, 1.165) is 13.0 Å². The molecular weight excluding hydrogens is 290 g/mol. The van der Waals surface area contributed by atoms with E-state index in [4.69, 9.17) is 4.74 Å². The van der Waals surface area contributed by atoms with Gasteiger partial charge in [0.25, 0.3) is 0 Å². The Morgan fingerprint density at radius 3 is 2.62 bits per heavy atom. The standard InChI is InChI=1S/C14H19F4NO2/c1-2-6-19-9-11-4-3-5-12(15)13(11)21-8-7-20-10-14(16,17)18/h3-5,19H,2,6-10H2,1H3. The molecule has 1 aromatic carbocycles. The minimum absolute atomic E-state index is 0.0525. The minimum Gasteiger partial charge on any atom is -0.488 e. The fourth-order valence-corrected chi connectivity index (χ4v) is 1.64. The van der Waals surface area contributed by atoms with Crippen LogP contribution in [0.4, 0.5) is 17.6 Å². The fourth-order valence-electron chi connectivity index (χ4n) is 1.64. The van der Waals surface area contributed by atoms with E-state index in [1.54, 1.807) is 12.1 Å². The summed E-state index contributed by atoms with van der Waals surface area (Å²) in [5, 5.41) is 3.11. The molecule has 1 N–H and O–H groups in total. The first-order valence-electron chi connectivity index (χ1n) is 6.69. The maximum atomic E-state index is 13.7. The maximum Gasteiger partial charge on any atom is 0.411 e. The third-order valence-electron chi connectivity index (χ3n) is 2.53. The summed E-state index contributed by atoms with van der Waals surface area (Å²) in [7, 11) is 0. The average Bonchev–Trinajstić information content (AvgIpc) is 2.40. The molecule has 120 valence electrons. The highest BCUT2D eigenvalue weighted by molar-refractivity contribution is 5.34. The Kier molecular flexibility index (Phi) is 7.45. The summed E-state index contributed by atoms with van der Waals surface area (Å²) < 4.78 is 58.9. The highest BCUT2D eigenvalue weighted by Crippen LogP contribution is 2.22. The van der Waals surface area contributed by atoms with Crippen molar-refractivity contribution in [3.63, 3.8) is 0 Å². The Morgan fingerprint density at radius 2 is 1.95 bits per heavy atom. The van der Waals surface area contributed by atoms with Crippen molar-refractivity contribution in [1.82, 2.24) is 5.32 Å². The van der Waals surface area contributed by atoms with Gasteiger partial charge in [0.1, 0.15) is 13.2 Å². The van der Waals surface area contributed by atoms with Gasteiger partial charge >= 0.3 is 6.18 Å². The first-order valence-corrected chi connectivity index (χ1v) is 6.69. The smallest absolute Gasteiger partial charge is 0.411 e. The van der Waals surface area contributed by atoms with E-state index >= 15 is 0 Å². The number of halogens is 4. The molecule has 0 heterocycles. The third-order valence-corrected chi connectivity index (χ3v) is 2.53. The van der Waals surface area contributed by atoms with E-state index in [0.29, 0.717) is 12.1 Å². The molecule has 0 spiro atoms. The van der Waals surface area contributed by atoms with Crippen LogP contribution in [0.2, 0.25) is 0 Å². The van der Waals surface area contributed by atoms with Gasteiger partial charge in [-0.3, -0.25) is 0 Å². The molecule has 0 saturated heterocycles. The zero-order chi connectivity index (χ0) is 15.7. The highest BCUT2D eigenvalue weighted by Gasteiger charge is 2.27. The average molecular weight is 309 g/mol. The normalized spacial score (nSPS) is 11.7. The second kappa shape index (κ2) is 8.84.